The van der Waals surface area contributed by atoms with E-state index in [0.717, 1.165) is 17.0 Å². The maximum absolute atomic E-state index is 13.7. The minimum Gasteiger partial charge on any atom is -0.481 e. The fraction of sp³-hybridized carbons (Fsp3) is 0.385. The molecule has 22 heavy (non-hydrogen) atoms. The van der Waals surface area contributed by atoms with Crippen LogP contribution in [0.15, 0.2) is 22.7 Å². The normalized spacial score (nSPS) is 22.0. The molecule has 1 fully saturated rings. The molecule has 0 aromatic heterocycles. The van der Waals surface area contributed by atoms with Crippen molar-refractivity contribution in [3.63, 3.8) is 0 Å². The topological polar surface area (TPSA) is 57.6 Å². The van der Waals surface area contributed by atoms with Crippen molar-refractivity contribution in [2.24, 2.45) is 11.8 Å². The van der Waals surface area contributed by atoms with Gasteiger partial charge in [-0.05, 0) is 18.2 Å². The number of hydrogen-bond acceptors (Lipinski definition) is 2. The van der Waals surface area contributed by atoms with E-state index >= 15 is 0 Å². The van der Waals surface area contributed by atoms with Crippen LogP contribution >= 0.6 is 15.9 Å². The molecule has 1 aromatic rings. The average Bonchev–Trinajstić information content (AvgIpc) is 2.86. The van der Waals surface area contributed by atoms with Gasteiger partial charge in [-0.2, -0.15) is 13.2 Å². The lowest BCUT2D eigenvalue weighted by Crippen LogP contribution is -2.34. The van der Waals surface area contributed by atoms with Crippen LogP contribution in [0.3, 0.4) is 0 Å². The fourth-order valence-electron chi connectivity index (χ4n) is 2.38. The third-order valence-electron chi connectivity index (χ3n) is 3.50. The van der Waals surface area contributed by atoms with Crippen LogP contribution in [-0.2, 0) is 4.79 Å². The van der Waals surface area contributed by atoms with E-state index in [4.69, 9.17) is 5.11 Å². The fourth-order valence-corrected chi connectivity index (χ4v) is 2.74. The van der Waals surface area contributed by atoms with Crippen LogP contribution in [0, 0.1) is 17.7 Å². The van der Waals surface area contributed by atoms with Crippen LogP contribution in [-0.4, -0.2) is 41.1 Å². The lowest BCUT2D eigenvalue weighted by Gasteiger charge is -2.18. The first-order valence-corrected chi connectivity index (χ1v) is 6.94. The third kappa shape index (κ3) is 3.23. The SMILES string of the molecule is O=C(O)[C@@H]1CN(C(=O)c2cc(Br)ccc2F)C[C@H]1C(F)(F)F. The Hall–Kier alpha value is -1.64. The molecule has 1 heterocycles. The predicted molar refractivity (Wildman–Crippen MR) is 70.7 cm³/mol. The maximum atomic E-state index is 13.7. The van der Waals surface area contributed by atoms with Crippen molar-refractivity contribution in [2.75, 3.05) is 13.1 Å². The summed E-state index contributed by atoms with van der Waals surface area (Å²) in [5.41, 5.74) is -0.402. The van der Waals surface area contributed by atoms with Gasteiger partial charge in [-0.15, -0.1) is 0 Å². The van der Waals surface area contributed by atoms with Crippen LogP contribution in [0.2, 0.25) is 0 Å². The Labute approximate surface area is 130 Å². The Morgan fingerprint density at radius 3 is 2.41 bits per heavy atom. The molecule has 0 radical (unpaired) electrons. The first-order valence-electron chi connectivity index (χ1n) is 6.15. The van der Waals surface area contributed by atoms with Gasteiger partial charge in [0, 0.05) is 17.6 Å². The van der Waals surface area contributed by atoms with E-state index in [1.165, 1.54) is 6.07 Å². The molecule has 9 heteroatoms. The Balaban J connectivity index is 2.29. The molecule has 0 bridgehead atoms. The van der Waals surface area contributed by atoms with E-state index in [0.29, 0.717) is 4.47 Å². The summed E-state index contributed by atoms with van der Waals surface area (Å²) in [6.07, 6.45) is -4.74. The van der Waals surface area contributed by atoms with Crippen LogP contribution in [0.5, 0.6) is 0 Å². The van der Waals surface area contributed by atoms with Crippen LogP contribution in [0.25, 0.3) is 0 Å². The molecule has 1 aromatic carbocycles. The van der Waals surface area contributed by atoms with Crippen LogP contribution < -0.4 is 0 Å². The van der Waals surface area contributed by atoms with Gasteiger partial charge in [-0.25, -0.2) is 4.39 Å². The van der Waals surface area contributed by atoms with Gasteiger partial charge >= 0.3 is 12.1 Å². The molecule has 0 unspecified atom stereocenters. The Bertz CT molecular complexity index is 620. The van der Waals surface area contributed by atoms with Crippen molar-refractivity contribution >= 4 is 27.8 Å². The van der Waals surface area contributed by atoms with Gasteiger partial charge in [0.05, 0.1) is 17.4 Å². The number of amides is 1. The quantitative estimate of drug-likeness (QED) is 0.798. The molecule has 0 saturated carbocycles. The summed E-state index contributed by atoms with van der Waals surface area (Å²) in [5, 5.41) is 8.90. The largest absolute Gasteiger partial charge is 0.481 e. The summed E-state index contributed by atoms with van der Waals surface area (Å²) in [7, 11) is 0. The smallest absolute Gasteiger partial charge is 0.394 e. The summed E-state index contributed by atoms with van der Waals surface area (Å²) >= 11 is 3.04. The lowest BCUT2D eigenvalue weighted by molar-refractivity contribution is -0.187. The van der Waals surface area contributed by atoms with Crippen molar-refractivity contribution in [2.45, 2.75) is 6.18 Å². The predicted octanol–water partition coefficient (Wildman–Crippen LogP) is 2.92. The van der Waals surface area contributed by atoms with Crippen molar-refractivity contribution in [1.29, 1.82) is 0 Å². The highest BCUT2D eigenvalue weighted by Gasteiger charge is 2.53. The molecule has 1 N–H and O–H groups in total. The molecule has 4 nitrogen and oxygen atoms in total. The number of aliphatic carboxylic acids is 1. The minimum absolute atomic E-state index is 0.388. The summed E-state index contributed by atoms with van der Waals surface area (Å²) in [6, 6.07) is 3.49. The van der Waals surface area contributed by atoms with E-state index in [9.17, 15) is 27.2 Å². The number of halogens is 5. The number of nitrogens with zero attached hydrogens (tertiary/aromatic N) is 1. The lowest BCUT2D eigenvalue weighted by atomic mass is 9.96. The standard InChI is InChI=1S/C13H10BrF4NO3/c14-6-1-2-10(15)7(3-6)11(20)19-4-8(12(21)22)9(5-19)13(16,17)18/h1-3,8-9H,4-5H2,(H,21,22)/t8-,9-/m1/s1. The van der Waals surface area contributed by atoms with E-state index in [1.807, 2.05) is 0 Å². The number of carbonyl (C=O) groups excluding carboxylic acids is 1. The van der Waals surface area contributed by atoms with Gasteiger partial charge in [0.1, 0.15) is 5.82 Å². The summed E-state index contributed by atoms with van der Waals surface area (Å²) < 4.78 is 52.7. The molecule has 0 spiro atoms. The number of carbonyl (C=O) groups is 2. The average molecular weight is 384 g/mol. The number of carboxylic acids is 1. The molecule has 1 aliphatic rings. The number of rotatable bonds is 2. The number of alkyl halides is 3. The minimum atomic E-state index is -4.74. The van der Waals surface area contributed by atoms with Crippen LogP contribution in [0.4, 0.5) is 17.6 Å². The highest BCUT2D eigenvalue weighted by atomic mass is 79.9. The maximum Gasteiger partial charge on any atom is 0.394 e. The van der Waals surface area contributed by atoms with Crippen molar-refractivity contribution in [1.82, 2.24) is 4.90 Å². The van der Waals surface area contributed by atoms with E-state index < -0.39 is 54.4 Å². The molecular weight excluding hydrogens is 374 g/mol. The van der Waals surface area contributed by atoms with Crippen LogP contribution in [0.1, 0.15) is 10.4 Å². The van der Waals surface area contributed by atoms with Gasteiger partial charge in [-0.3, -0.25) is 9.59 Å². The van der Waals surface area contributed by atoms with E-state index in [-0.39, 0.29) is 0 Å². The van der Waals surface area contributed by atoms with Crippen molar-refractivity contribution in [3.8, 4) is 0 Å². The van der Waals surface area contributed by atoms with Gasteiger partial charge in [-0.1, -0.05) is 15.9 Å². The summed E-state index contributed by atoms with van der Waals surface area (Å²) in [4.78, 5) is 23.9. The molecule has 1 amide bonds. The van der Waals surface area contributed by atoms with Crippen molar-refractivity contribution in [3.05, 3.63) is 34.1 Å². The van der Waals surface area contributed by atoms with E-state index in [2.05, 4.69) is 15.9 Å². The Morgan fingerprint density at radius 2 is 1.91 bits per heavy atom. The van der Waals surface area contributed by atoms with Gasteiger partial charge in [0.15, 0.2) is 0 Å². The highest BCUT2D eigenvalue weighted by Crippen LogP contribution is 2.38. The zero-order chi connectivity index (χ0) is 16.7. The van der Waals surface area contributed by atoms with E-state index in [1.54, 1.807) is 0 Å². The van der Waals surface area contributed by atoms with Gasteiger partial charge in [0.2, 0.25) is 0 Å². The first-order chi connectivity index (χ1) is 10.1. The zero-order valence-corrected chi connectivity index (χ0v) is 12.5. The first kappa shape index (κ1) is 16.7. The number of carboxylic acid groups (broad SMARTS) is 1. The number of likely N-dealkylation sites (tertiary alicyclic amines) is 1. The second-order valence-corrected chi connectivity index (χ2v) is 5.84. The Morgan fingerprint density at radius 1 is 1.27 bits per heavy atom. The third-order valence-corrected chi connectivity index (χ3v) is 4.00. The molecule has 120 valence electrons. The second-order valence-electron chi connectivity index (χ2n) is 4.93. The Kier molecular flexibility index (Phi) is 4.46. The molecule has 2 atom stereocenters. The molecule has 0 aliphatic carbocycles. The molecule has 2 rings (SSSR count). The summed E-state index contributed by atoms with van der Waals surface area (Å²) in [6.45, 7) is -1.41. The molecular formula is C13H10BrF4NO3. The monoisotopic (exact) mass is 383 g/mol. The van der Waals surface area contributed by atoms with Gasteiger partial charge in [0.25, 0.3) is 5.91 Å². The zero-order valence-electron chi connectivity index (χ0n) is 10.9. The highest BCUT2D eigenvalue weighted by molar-refractivity contribution is 9.10. The molecule has 1 saturated heterocycles. The number of benzene rings is 1. The number of hydrogen-bond donors (Lipinski definition) is 1. The second kappa shape index (κ2) is 5.86. The van der Waals surface area contributed by atoms with Crippen molar-refractivity contribution < 1.29 is 32.3 Å². The molecule has 1 aliphatic heterocycles. The summed E-state index contributed by atoms with van der Waals surface area (Å²) in [5.74, 6) is -7.39. The van der Waals surface area contributed by atoms with Gasteiger partial charge < -0.3 is 10.0 Å².